The first-order chi connectivity index (χ1) is 13.5. The van der Waals surface area contributed by atoms with Crippen molar-refractivity contribution in [3.8, 4) is 17.2 Å². The van der Waals surface area contributed by atoms with Gasteiger partial charge >= 0.3 is 6.72 Å². The van der Waals surface area contributed by atoms with Crippen LogP contribution in [-0.2, 0) is 18.2 Å². The molecule has 1 aliphatic carbocycles. The lowest BCUT2D eigenvalue weighted by Crippen LogP contribution is -2.02. The van der Waals surface area contributed by atoms with Crippen molar-refractivity contribution in [1.82, 2.24) is 0 Å². The van der Waals surface area contributed by atoms with Crippen LogP contribution in [0.15, 0.2) is 42.5 Å². The second-order valence-corrected chi connectivity index (χ2v) is 9.43. The zero-order valence-electron chi connectivity index (χ0n) is 15.9. The number of Topliss-reactive ketones (excluding diaryl/α,β-unsaturated/α-hetero) is 1. The Morgan fingerprint density at radius 3 is 2.64 bits per heavy atom. The first kappa shape index (κ1) is 20.8. The monoisotopic (exact) mass is 420 g/mol. The summed E-state index contributed by atoms with van der Waals surface area (Å²) in [7, 11) is 0. The van der Waals surface area contributed by atoms with Crippen LogP contribution in [0.4, 0.5) is 0 Å². The molecule has 2 aromatic rings. The van der Waals surface area contributed by atoms with E-state index in [0.717, 1.165) is 18.4 Å². The Balaban J connectivity index is 1.62. The lowest BCUT2D eigenvalue weighted by Gasteiger charge is -2.19. The molecule has 28 heavy (non-hydrogen) atoms. The molecule has 1 unspecified atom stereocenters. The highest BCUT2D eigenvalue weighted by Crippen LogP contribution is 2.47. The van der Waals surface area contributed by atoms with Gasteiger partial charge in [-0.25, -0.2) is 0 Å². The van der Waals surface area contributed by atoms with E-state index in [2.05, 4.69) is 6.92 Å². The first-order valence-electron chi connectivity index (χ1n) is 9.58. The fourth-order valence-corrected chi connectivity index (χ4v) is 4.50. The summed E-state index contributed by atoms with van der Waals surface area (Å²) in [6.45, 7) is -0.775. The standard InChI is InChI=1S/C21H25O5PS/c1-2-3-4-5-14-24-16-8-6-9-17(15-16)25-27(23,28)26-21-11-7-10-18-19(21)12-13-20(18)22/h6-11,15H,2-5,12-14H2,1H3,(H,23,28). The summed E-state index contributed by atoms with van der Waals surface area (Å²) in [4.78, 5) is 22.4. The van der Waals surface area contributed by atoms with E-state index >= 15 is 0 Å². The predicted molar refractivity (Wildman–Crippen MR) is 113 cm³/mol. The van der Waals surface area contributed by atoms with Gasteiger partial charge in [-0.3, -0.25) is 4.79 Å². The molecule has 0 fully saturated rings. The maximum Gasteiger partial charge on any atom is 0.432 e. The lowest BCUT2D eigenvalue weighted by molar-refractivity contribution is 0.0994. The Hall–Kier alpha value is -1.88. The van der Waals surface area contributed by atoms with Crippen LogP contribution in [0.25, 0.3) is 0 Å². The van der Waals surface area contributed by atoms with Crippen LogP contribution < -0.4 is 13.8 Å². The van der Waals surface area contributed by atoms with Gasteiger partial charge in [0, 0.05) is 35.4 Å². The van der Waals surface area contributed by atoms with Crippen LogP contribution in [0.2, 0.25) is 0 Å². The van der Waals surface area contributed by atoms with E-state index in [0.29, 0.717) is 42.3 Å². The van der Waals surface area contributed by atoms with Crippen LogP contribution in [0.3, 0.4) is 0 Å². The molecule has 0 aliphatic heterocycles. The zero-order valence-corrected chi connectivity index (χ0v) is 17.6. The van der Waals surface area contributed by atoms with E-state index in [4.69, 9.17) is 25.6 Å². The molecule has 2 aromatic carbocycles. The summed E-state index contributed by atoms with van der Waals surface area (Å²) in [5.74, 6) is 1.55. The third-order valence-electron chi connectivity index (χ3n) is 4.54. The Labute approximate surface area is 170 Å². The third kappa shape index (κ3) is 5.57. The summed E-state index contributed by atoms with van der Waals surface area (Å²) in [6.07, 6.45) is 5.55. The molecule has 0 aromatic heterocycles. The Morgan fingerprint density at radius 1 is 1.04 bits per heavy atom. The second kappa shape index (κ2) is 9.55. The quantitative estimate of drug-likeness (QED) is 0.407. The molecule has 7 heteroatoms. The molecule has 0 amide bonds. The molecule has 0 bridgehead atoms. The van der Waals surface area contributed by atoms with Gasteiger partial charge in [-0.05, 0) is 31.0 Å². The second-order valence-electron chi connectivity index (χ2n) is 6.74. The van der Waals surface area contributed by atoms with E-state index in [1.807, 2.05) is 6.07 Å². The topological polar surface area (TPSA) is 65.0 Å². The number of carbonyl (C=O) groups excluding carboxylic acids is 1. The van der Waals surface area contributed by atoms with Gasteiger partial charge in [0.05, 0.1) is 6.61 Å². The van der Waals surface area contributed by atoms with Crippen molar-refractivity contribution < 1.29 is 23.5 Å². The number of rotatable bonds is 10. The van der Waals surface area contributed by atoms with Crippen molar-refractivity contribution in [1.29, 1.82) is 0 Å². The summed E-state index contributed by atoms with van der Waals surface area (Å²) in [5.41, 5.74) is 1.41. The number of fused-ring (bicyclic) bond motifs is 1. The minimum absolute atomic E-state index is 0.0800. The highest BCUT2D eigenvalue weighted by Gasteiger charge is 2.27. The van der Waals surface area contributed by atoms with Crippen LogP contribution in [0, 0.1) is 0 Å². The molecule has 1 atom stereocenters. The molecule has 1 N–H and O–H groups in total. The molecular formula is C21H25O5PS. The highest BCUT2D eigenvalue weighted by molar-refractivity contribution is 8.07. The predicted octanol–water partition coefficient (Wildman–Crippen LogP) is 5.45. The van der Waals surface area contributed by atoms with E-state index in [1.165, 1.54) is 12.8 Å². The summed E-state index contributed by atoms with van der Waals surface area (Å²) in [5, 5.41) is 0. The van der Waals surface area contributed by atoms with Gasteiger partial charge in [0.1, 0.15) is 17.2 Å². The van der Waals surface area contributed by atoms with Crippen molar-refractivity contribution in [3.63, 3.8) is 0 Å². The third-order valence-corrected chi connectivity index (χ3v) is 5.86. The van der Waals surface area contributed by atoms with Gasteiger partial charge in [-0.15, -0.1) is 0 Å². The number of ether oxygens (including phenoxy) is 1. The maximum absolute atomic E-state index is 11.9. The van der Waals surface area contributed by atoms with Crippen molar-refractivity contribution in [2.45, 2.75) is 45.4 Å². The number of ketones is 1. The van der Waals surface area contributed by atoms with Crippen molar-refractivity contribution in [3.05, 3.63) is 53.6 Å². The summed E-state index contributed by atoms with van der Waals surface area (Å²) >= 11 is 5.18. The Kier molecular flexibility index (Phi) is 7.11. The van der Waals surface area contributed by atoms with Crippen molar-refractivity contribution >= 4 is 24.3 Å². The molecular weight excluding hydrogens is 395 g/mol. The maximum atomic E-state index is 11.9. The van der Waals surface area contributed by atoms with Crippen molar-refractivity contribution in [2.24, 2.45) is 0 Å². The van der Waals surface area contributed by atoms with Crippen LogP contribution >= 0.6 is 6.72 Å². The minimum Gasteiger partial charge on any atom is -0.493 e. The molecule has 0 spiro atoms. The van der Waals surface area contributed by atoms with Crippen LogP contribution in [-0.4, -0.2) is 17.3 Å². The largest absolute Gasteiger partial charge is 0.493 e. The van der Waals surface area contributed by atoms with Crippen LogP contribution in [0.5, 0.6) is 17.2 Å². The normalized spacial score (nSPS) is 15.0. The van der Waals surface area contributed by atoms with Gasteiger partial charge in [-0.2, -0.15) is 0 Å². The van der Waals surface area contributed by atoms with Gasteiger partial charge < -0.3 is 18.7 Å². The smallest absolute Gasteiger partial charge is 0.432 e. The number of unbranched alkanes of at least 4 members (excludes halogenated alkanes) is 3. The average molecular weight is 420 g/mol. The van der Waals surface area contributed by atoms with Gasteiger partial charge in [0.25, 0.3) is 0 Å². The molecule has 0 heterocycles. The number of carbonyl (C=O) groups is 1. The van der Waals surface area contributed by atoms with Gasteiger partial charge in [0.2, 0.25) is 0 Å². The molecule has 150 valence electrons. The number of benzene rings is 2. The molecule has 5 nitrogen and oxygen atoms in total. The van der Waals surface area contributed by atoms with E-state index in [-0.39, 0.29) is 5.78 Å². The van der Waals surface area contributed by atoms with E-state index < -0.39 is 6.72 Å². The fraction of sp³-hybridized carbons (Fsp3) is 0.381. The van der Waals surface area contributed by atoms with Gasteiger partial charge in [-0.1, -0.05) is 44.4 Å². The molecule has 0 radical (unpaired) electrons. The Morgan fingerprint density at radius 2 is 1.82 bits per heavy atom. The first-order valence-corrected chi connectivity index (χ1v) is 12.2. The molecule has 3 rings (SSSR count). The SMILES string of the molecule is CCCCCCOc1cccc(OP(O)(=S)Oc2cccc3c2CCC3=O)c1. The zero-order chi connectivity index (χ0) is 20.0. The van der Waals surface area contributed by atoms with Gasteiger partial charge in [0.15, 0.2) is 5.78 Å². The molecule has 1 aliphatic rings. The number of hydrogen-bond donors (Lipinski definition) is 1. The molecule has 0 saturated heterocycles. The Bertz CT molecular complexity index is 883. The highest BCUT2D eigenvalue weighted by atomic mass is 32.5. The van der Waals surface area contributed by atoms with Crippen molar-refractivity contribution in [2.75, 3.05) is 6.61 Å². The van der Waals surface area contributed by atoms with Crippen LogP contribution in [0.1, 0.15) is 54.9 Å². The minimum atomic E-state index is -3.58. The molecule has 0 saturated carbocycles. The number of hydrogen-bond acceptors (Lipinski definition) is 5. The van der Waals surface area contributed by atoms with E-state index in [9.17, 15) is 9.69 Å². The van der Waals surface area contributed by atoms with E-state index in [1.54, 1.807) is 36.4 Å². The average Bonchev–Trinajstić information content (AvgIpc) is 3.03. The lowest BCUT2D eigenvalue weighted by atomic mass is 10.1. The summed E-state index contributed by atoms with van der Waals surface area (Å²) < 4.78 is 16.9. The fourth-order valence-electron chi connectivity index (χ4n) is 3.16. The summed E-state index contributed by atoms with van der Waals surface area (Å²) in [6, 6.07) is 12.2.